The molecule has 0 spiro atoms. The van der Waals surface area contributed by atoms with E-state index in [1.54, 1.807) is 24.4 Å². The lowest BCUT2D eigenvalue weighted by Crippen LogP contribution is -2.48. The number of hydrogen-bond acceptors (Lipinski definition) is 4. The third kappa shape index (κ3) is 4.57. The number of H-pyrrole nitrogens is 1. The molecular weight excluding hydrogens is 376 g/mol. The second-order valence-electron chi connectivity index (χ2n) is 6.25. The van der Waals surface area contributed by atoms with Crippen molar-refractivity contribution in [1.82, 2.24) is 15.0 Å². The zero-order chi connectivity index (χ0) is 20.0. The van der Waals surface area contributed by atoms with Gasteiger partial charge in [-0.2, -0.15) is 9.98 Å². The summed E-state index contributed by atoms with van der Waals surface area (Å²) in [5.41, 5.74) is 1.74. The van der Waals surface area contributed by atoms with E-state index in [4.69, 9.17) is 5.26 Å². The van der Waals surface area contributed by atoms with Crippen LogP contribution >= 0.6 is 0 Å². The number of para-hydroxylation sites is 1. The highest BCUT2D eigenvalue weighted by atomic mass is 32.2. The van der Waals surface area contributed by atoms with Gasteiger partial charge in [-0.05, 0) is 30.2 Å². The molecule has 0 aliphatic carbocycles. The zero-order valence-electron chi connectivity index (χ0n) is 15.1. The molecule has 1 unspecified atom stereocenters. The van der Waals surface area contributed by atoms with Gasteiger partial charge in [-0.25, -0.2) is 8.42 Å². The molecule has 0 aliphatic heterocycles. The van der Waals surface area contributed by atoms with Gasteiger partial charge in [0, 0.05) is 23.6 Å². The third-order valence-electron chi connectivity index (χ3n) is 4.30. The number of benzene rings is 2. The number of rotatable bonds is 8. The highest BCUT2D eigenvalue weighted by Crippen LogP contribution is 2.20. The summed E-state index contributed by atoms with van der Waals surface area (Å²) in [4.78, 5) is 15.8. The highest BCUT2D eigenvalue weighted by Gasteiger charge is 2.26. The summed E-state index contributed by atoms with van der Waals surface area (Å²) >= 11 is 0. The molecular formula is C20H20N4O3S. The van der Waals surface area contributed by atoms with Crippen LogP contribution in [0.5, 0.6) is 0 Å². The predicted octanol–water partition coefficient (Wildman–Crippen LogP) is 2.09. The summed E-state index contributed by atoms with van der Waals surface area (Å²) in [6.45, 7) is 0.160. The molecule has 3 rings (SSSR count). The fraction of sp³-hybridized carbons (Fsp3) is 0.200. The summed E-state index contributed by atoms with van der Waals surface area (Å²) in [5, 5.41) is 12.2. The molecule has 1 amide bonds. The number of carbonyl (C=O) groups is 1. The first kappa shape index (κ1) is 19.6. The Hall–Kier alpha value is -3.15. The predicted molar refractivity (Wildman–Crippen MR) is 106 cm³/mol. The number of hydrogen-bond donors (Lipinski definition) is 3. The Morgan fingerprint density at radius 2 is 1.82 bits per heavy atom. The van der Waals surface area contributed by atoms with Crippen LogP contribution in [0.25, 0.3) is 10.9 Å². The molecule has 0 saturated heterocycles. The molecule has 144 valence electrons. The van der Waals surface area contributed by atoms with Gasteiger partial charge in [-0.3, -0.25) is 4.79 Å². The Balaban J connectivity index is 1.87. The van der Waals surface area contributed by atoms with Crippen molar-refractivity contribution in [2.24, 2.45) is 0 Å². The maximum absolute atomic E-state index is 12.7. The number of nitrogens with one attached hydrogen (secondary N) is 3. The second kappa shape index (κ2) is 8.69. The van der Waals surface area contributed by atoms with E-state index in [0.29, 0.717) is 0 Å². The number of sulfonamides is 1. The Kier molecular flexibility index (Phi) is 6.09. The summed E-state index contributed by atoms with van der Waals surface area (Å²) in [7, 11) is -3.88. The molecule has 2 aromatic carbocycles. The summed E-state index contributed by atoms with van der Waals surface area (Å²) in [6, 6.07) is 16.4. The highest BCUT2D eigenvalue weighted by molar-refractivity contribution is 7.89. The number of aromatic nitrogens is 1. The Bertz CT molecular complexity index is 1100. The molecule has 0 saturated carbocycles. The topological polar surface area (TPSA) is 115 Å². The molecule has 7 nitrogen and oxygen atoms in total. The second-order valence-corrected chi connectivity index (χ2v) is 7.96. The molecule has 0 bridgehead atoms. The van der Waals surface area contributed by atoms with E-state index in [-0.39, 0.29) is 24.3 Å². The minimum absolute atomic E-state index is 0.0868. The summed E-state index contributed by atoms with van der Waals surface area (Å²) in [6.07, 6.45) is 2.10. The number of carbonyl (C=O) groups excluding carboxylic acids is 1. The number of nitrogens with zero attached hydrogens (tertiary/aromatic N) is 1. The largest absolute Gasteiger partial charge is 0.361 e. The first-order chi connectivity index (χ1) is 13.5. The summed E-state index contributed by atoms with van der Waals surface area (Å²) < 4.78 is 27.9. The average Bonchev–Trinajstić information content (AvgIpc) is 3.11. The van der Waals surface area contributed by atoms with E-state index in [1.165, 1.54) is 12.1 Å². The smallest absolute Gasteiger partial charge is 0.241 e. The average molecular weight is 396 g/mol. The van der Waals surface area contributed by atoms with Crippen LogP contribution in [-0.4, -0.2) is 31.9 Å². The Morgan fingerprint density at radius 1 is 1.11 bits per heavy atom. The van der Waals surface area contributed by atoms with E-state index >= 15 is 0 Å². The van der Waals surface area contributed by atoms with Crippen LogP contribution in [0.3, 0.4) is 0 Å². The van der Waals surface area contributed by atoms with Crippen molar-refractivity contribution >= 4 is 26.8 Å². The van der Waals surface area contributed by atoms with E-state index in [2.05, 4.69) is 15.0 Å². The van der Waals surface area contributed by atoms with E-state index < -0.39 is 22.0 Å². The van der Waals surface area contributed by atoms with Gasteiger partial charge in [0.2, 0.25) is 15.9 Å². The third-order valence-corrected chi connectivity index (χ3v) is 5.79. The van der Waals surface area contributed by atoms with Crippen LogP contribution in [0.1, 0.15) is 12.0 Å². The quantitative estimate of drug-likeness (QED) is 0.506. The van der Waals surface area contributed by atoms with Gasteiger partial charge in [0.15, 0.2) is 0 Å². The monoisotopic (exact) mass is 396 g/mol. The number of aromatic amines is 1. The lowest BCUT2D eigenvalue weighted by Gasteiger charge is -2.18. The standard InChI is InChI=1S/C20H20N4O3S/c21-11-6-12-22-20(25)19(24-28(26,27)16-7-2-1-3-8-16)13-15-14-23-18-10-5-4-9-17(15)18/h1-5,7-10,14,19,23-24H,6,12-13H2,(H,22,25). The SMILES string of the molecule is N#CCCNC(=O)C(Cc1c[nH]c2ccccc12)NS(=O)(=O)c1ccccc1. The van der Waals surface area contributed by atoms with E-state index in [1.807, 2.05) is 30.3 Å². The van der Waals surface area contributed by atoms with Crippen LogP contribution in [0.4, 0.5) is 0 Å². The number of amides is 1. The minimum Gasteiger partial charge on any atom is -0.361 e. The normalized spacial score (nSPS) is 12.4. The van der Waals surface area contributed by atoms with E-state index in [0.717, 1.165) is 16.5 Å². The van der Waals surface area contributed by atoms with Crippen molar-refractivity contribution in [3.05, 3.63) is 66.4 Å². The number of fused-ring (bicyclic) bond motifs is 1. The Labute approximate surface area is 163 Å². The van der Waals surface area contributed by atoms with Gasteiger partial charge in [0.05, 0.1) is 17.4 Å². The molecule has 1 atom stereocenters. The van der Waals surface area contributed by atoms with Crippen LogP contribution in [-0.2, 0) is 21.2 Å². The van der Waals surface area contributed by atoms with Crippen molar-refractivity contribution < 1.29 is 13.2 Å². The molecule has 28 heavy (non-hydrogen) atoms. The minimum atomic E-state index is -3.88. The van der Waals surface area contributed by atoms with Crippen molar-refractivity contribution in [3.63, 3.8) is 0 Å². The van der Waals surface area contributed by atoms with Gasteiger partial charge in [0.1, 0.15) is 6.04 Å². The molecule has 0 radical (unpaired) electrons. The van der Waals surface area contributed by atoms with Crippen LogP contribution in [0.2, 0.25) is 0 Å². The van der Waals surface area contributed by atoms with Gasteiger partial charge in [-0.15, -0.1) is 0 Å². The van der Waals surface area contributed by atoms with Crippen molar-refractivity contribution in [3.8, 4) is 6.07 Å². The van der Waals surface area contributed by atoms with E-state index in [9.17, 15) is 13.2 Å². The lowest BCUT2D eigenvalue weighted by atomic mass is 10.1. The Morgan fingerprint density at radius 3 is 2.57 bits per heavy atom. The fourth-order valence-corrected chi connectivity index (χ4v) is 4.14. The van der Waals surface area contributed by atoms with Crippen LogP contribution < -0.4 is 10.0 Å². The molecule has 3 N–H and O–H groups in total. The lowest BCUT2D eigenvalue weighted by molar-refractivity contribution is -0.122. The molecule has 1 heterocycles. The molecule has 0 aliphatic rings. The van der Waals surface area contributed by atoms with Gasteiger partial charge in [-0.1, -0.05) is 36.4 Å². The maximum Gasteiger partial charge on any atom is 0.241 e. The first-order valence-corrected chi connectivity index (χ1v) is 10.3. The van der Waals surface area contributed by atoms with Crippen molar-refractivity contribution in [2.45, 2.75) is 23.8 Å². The molecule has 8 heteroatoms. The maximum atomic E-state index is 12.7. The van der Waals surface area contributed by atoms with Gasteiger partial charge in [0.25, 0.3) is 0 Å². The molecule has 0 fully saturated rings. The fourth-order valence-electron chi connectivity index (χ4n) is 2.93. The number of nitriles is 1. The van der Waals surface area contributed by atoms with Crippen molar-refractivity contribution in [1.29, 1.82) is 5.26 Å². The first-order valence-electron chi connectivity index (χ1n) is 8.78. The molecule has 1 aromatic heterocycles. The summed E-state index contributed by atoms with van der Waals surface area (Å²) in [5.74, 6) is -0.472. The van der Waals surface area contributed by atoms with Crippen molar-refractivity contribution in [2.75, 3.05) is 6.54 Å². The van der Waals surface area contributed by atoms with Crippen LogP contribution in [0.15, 0.2) is 65.7 Å². The van der Waals surface area contributed by atoms with Gasteiger partial charge < -0.3 is 10.3 Å². The zero-order valence-corrected chi connectivity index (χ0v) is 15.9. The van der Waals surface area contributed by atoms with Gasteiger partial charge >= 0.3 is 0 Å². The van der Waals surface area contributed by atoms with Crippen LogP contribution in [0, 0.1) is 11.3 Å². The molecule has 3 aromatic rings.